The fraction of sp³-hybridized carbons (Fsp3) is 0.500. The van der Waals surface area contributed by atoms with Gasteiger partial charge in [0.15, 0.2) is 0 Å². The van der Waals surface area contributed by atoms with Crippen molar-refractivity contribution >= 4 is 0 Å². The van der Waals surface area contributed by atoms with Gasteiger partial charge in [-0.25, -0.2) is 0 Å². The minimum atomic E-state index is 0.667. The Balaban J connectivity index is 1.49. The van der Waals surface area contributed by atoms with Crippen LogP contribution in [0.5, 0.6) is 0 Å². The van der Waals surface area contributed by atoms with Gasteiger partial charge >= 0.3 is 0 Å². The van der Waals surface area contributed by atoms with Crippen LogP contribution in [-0.2, 0) is 13.1 Å². The zero-order valence-corrected chi connectivity index (χ0v) is 13.5. The first kappa shape index (κ1) is 15.3. The van der Waals surface area contributed by atoms with Gasteiger partial charge < -0.3 is 4.42 Å². The van der Waals surface area contributed by atoms with Crippen molar-refractivity contribution in [3.63, 3.8) is 0 Å². The van der Waals surface area contributed by atoms with Crippen molar-refractivity contribution in [2.24, 2.45) is 0 Å². The number of hydrogen-bond donors (Lipinski definition) is 0. The summed E-state index contributed by atoms with van der Waals surface area (Å²) in [6.45, 7) is 6.38. The third-order valence-corrected chi connectivity index (χ3v) is 4.70. The van der Waals surface area contributed by atoms with Gasteiger partial charge in [-0.15, -0.1) is 0 Å². The second kappa shape index (κ2) is 7.07. The van der Waals surface area contributed by atoms with E-state index < -0.39 is 0 Å². The molecule has 0 unspecified atom stereocenters. The Labute approximate surface area is 132 Å². The third kappa shape index (κ3) is 3.76. The molecule has 4 nitrogen and oxygen atoms in total. The van der Waals surface area contributed by atoms with Gasteiger partial charge in [0.05, 0.1) is 12.8 Å². The van der Waals surface area contributed by atoms with E-state index in [1.54, 1.807) is 6.26 Å². The first-order chi connectivity index (χ1) is 10.7. The number of likely N-dealkylation sites (tertiary alicyclic amines) is 1. The Morgan fingerprint density at radius 3 is 2.82 bits per heavy atom. The molecule has 0 amide bonds. The average molecular weight is 299 g/mol. The van der Waals surface area contributed by atoms with Crippen LogP contribution in [0, 0.1) is 6.92 Å². The third-order valence-electron chi connectivity index (χ3n) is 4.70. The number of pyridine rings is 1. The number of piperidine rings is 1. The van der Waals surface area contributed by atoms with Crippen LogP contribution in [0.3, 0.4) is 0 Å². The van der Waals surface area contributed by atoms with Gasteiger partial charge in [-0.2, -0.15) is 0 Å². The molecule has 2 aromatic rings. The predicted molar refractivity (Wildman–Crippen MR) is 87.4 cm³/mol. The highest BCUT2D eigenvalue weighted by atomic mass is 16.3. The lowest BCUT2D eigenvalue weighted by Crippen LogP contribution is -2.42. The lowest BCUT2D eigenvalue weighted by molar-refractivity contribution is 0.114. The summed E-state index contributed by atoms with van der Waals surface area (Å²) >= 11 is 0. The van der Waals surface area contributed by atoms with Gasteiger partial charge in [-0.1, -0.05) is 0 Å². The molecular formula is C18H25N3O. The van der Waals surface area contributed by atoms with E-state index >= 15 is 0 Å². The lowest BCUT2D eigenvalue weighted by Gasteiger charge is -2.36. The van der Waals surface area contributed by atoms with E-state index in [0.29, 0.717) is 6.04 Å². The highest BCUT2D eigenvalue weighted by molar-refractivity contribution is 5.21. The molecule has 0 aliphatic carbocycles. The summed E-state index contributed by atoms with van der Waals surface area (Å²) in [7, 11) is 2.24. The van der Waals surface area contributed by atoms with Crippen LogP contribution in [-0.4, -0.2) is 41.0 Å². The summed E-state index contributed by atoms with van der Waals surface area (Å²) in [5.74, 6) is 1.07. The van der Waals surface area contributed by atoms with E-state index in [1.165, 1.54) is 24.0 Å². The maximum atomic E-state index is 5.44. The number of furan rings is 1. The number of aromatic nitrogens is 1. The molecule has 2 aromatic heterocycles. The van der Waals surface area contributed by atoms with Crippen LogP contribution in [0.15, 0.2) is 41.3 Å². The van der Waals surface area contributed by atoms with E-state index in [-0.39, 0.29) is 0 Å². The predicted octanol–water partition coefficient (Wildman–Crippen LogP) is 3.08. The molecule has 4 heteroatoms. The van der Waals surface area contributed by atoms with Gasteiger partial charge in [0.25, 0.3) is 0 Å². The zero-order chi connectivity index (χ0) is 15.4. The fourth-order valence-corrected chi connectivity index (χ4v) is 3.22. The van der Waals surface area contributed by atoms with E-state index in [0.717, 1.165) is 31.9 Å². The van der Waals surface area contributed by atoms with Crippen LogP contribution in [0.25, 0.3) is 0 Å². The Morgan fingerprint density at radius 1 is 1.32 bits per heavy atom. The van der Waals surface area contributed by atoms with Crippen molar-refractivity contribution in [2.45, 2.75) is 38.9 Å². The van der Waals surface area contributed by atoms with Crippen molar-refractivity contribution in [3.8, 4) is 0 Å². The summed E-state index contributed by atoms with van der Waals surface area (Å²) in [5.41, 5.74) is 2.67. The highest BCUT2D eigenvalue weighted by Crippen LogP contribution is 2.20. The molecule has 0 atom stereocenters. The summed E-state index contributed by atoms with van der Waals surface area (Å²) < 4.78 is 5.44. The highest BCUT2D eigenvalue weighted by Gasteiger charge is 2.23. The Hall–Kier alpha value is -1.65. The number of aryl methyl sites for hydroxylation is 1. The summed E-state index contributed by atoms with van der Waals surface area (Å²) in [6.07, 6.45) is 8.05. The fourth-order valence-electron chi connectivity index (χ4n) is 3.22. The normalized spacial score (nSPS) is 17.2. The zero-order valence-electron chi connectivity index (χ0n) is 13.5. The lowest BCUT2D eigenvalue weighted by atomic mass is 10.0. The van der Waals surface area contributed by atoms with Crippen LogP contribution in [0.1, 0.15) is 29.7 Å². The van der Waals surface area contributed by atoms with Crippen molar-refractivity contribution in [3.05, 3.63) is 53.7 Å². The first-order valence-corrected chi connectivity index (χ1v) is 8.07. The summed E-state index contributed by atoms with van der Waals surface area (Å²) in [4.78, 5) is 9.16. The molecule has 1 saturated heterocycles. The number of nitrogens with zero attached hydrogens (tertiary/aromatic N) is 3. The molecule has 22 heavy (non-hydrogen) atoms. The monoisotopic (exact) mass is 299 g/mol. The Morgan fingerprint density at radius 2 is 2.14 bits per heavy atom. The molecule has 118 valence electrons. The van der Waals surface area contributed by atoms with Crippen LogP contribution in [0.2, 0.25) is 0 Å². The van der Waals surface area contributed by atoms with E-state index in [2.05, 4.69) is 40.9 Å². The largest absolute Gasteiger partial charge is 0.468 e. The van der Waals surface area contributed by atoms with Crippen LogP contribution >= 0.6 is 0 Å². The van der Waals surface area contributed by atoms with Gasteiger partial charge in [-0.3, -0.25) is 14.8 Å². The van der Waals surface area contributed by atoms with Gasteiger partial charge in [0.2, 0.25) is 0 Å². The quantitative estimate of drug-likeness (QED) is 0.849. The minimum absolute atomic E-state index is 0.667. The topological polar surface area (TPSA) is 32.5 Å². The minimum Gasteiger partial charge on any atom is -0.468 e. The molecule has 1 fully saturated rings. The molecule has 1 aliphatic heterocycles. The van der Waals surface area contributed by atoms with Crippen LogP contribution in [0.4, 0.5) is 0 Å². The van der Waals surface area contributed by atoms with Crippen molar-refractivity contribution < 1.29 is 4.42 Å². The SMILES string of the molecule is Cc1cnccc1CN(C)C1CCN(Cc2ccco2)CC1. The molecule has 0 aromatic carbocycles. The summed E-state index contributed by atoms with van der Waals surface area (Å²) in [6, 6.07) is 6.83. The molecule has 0 bridgehead atoms. The summed E-state index contributed by atoms with van der Waals surface area (Å²) in [5, 5.41) is 0. The number of rotatable bonds is 5. The van der Waals surface area contributed by atoms with Gasteiger partial charge in [-0.05, 0) is 56.1 Å². The molecule has 0 N–H and O–H groups in total. The smallest absolute Gasteiger partial charge is 0.117 e. The molecule has 0 radical (unpaired) electrons. The molecular weight excluding hydrogens is 274 g/mol. The first-order valence-electron chi connectivity index (χ1n) is 8.07. The second-order valence-electron chi connectivity index (χ2n) is 6.30. The molecule has 0 spiro atoms. The number of hydrogen-bond acceptors (Lipinski definition) is 4. The van der Waals surface area contributed by atoms with E-state index in [4.69, 9.17) is 4.42 Å². The van der Waals surface area contributed by atoms with Crippen molar-refractivity contribution in [1.82, 2.24) is 14.8 Å². The molecule has 1 aliphatic rings. The average Bonchev–Trinajstić information content (AvgIpc) is 3.03. The standard InChI is InChI=1S/C18H25N3O/c1-15-12-19-8-5-16(15)13-20(2)17-6-9-21(10-7-17)14-18-4-3-11-22-18/h3-5,8,11-12,17H,6-7,9-10,13-14H2,1-2H3. The maximum absolute atomic E-state index is 5.44. The van der Waals surface area contributed by atoms with E-state index in [1.807, 2.05) is 18.5 Å². The van der Waals surface area contributed by atoms with Crippen molar-refractivity contribution in [2.75, 3.05) is 20.1 Å². The van der Waals surface area contributed by atoms with Crippen LogP contribution < -0.4 is 0 Å². The van der Waals surface area contributed by atoms with E-state index in [9.17, 15) is 0 Å². The molecule has 3 heterocycles. The van der Waals surface area contributed by atoms with Crippen molar-refractivity contribution in [1.29, 1.82) is 0 Å². The van der Waals surface area contributed by atoms with Gasteiger partial charge in [0.1, 0.15) is 5.76 Å². The molecule has 3 rings (SSSR count). The maximum Gasteiger partial charge on any atom is 0.117 e. The Bertz CT molecular complexity index is 574. The van der Waals surface area contributed by atoms with Gasteiger partial charge in [0, 0.05) is 38.1 Å². The second-order valence-corrected chi connectivity index (χ2v) is 6.30. The molecule has 0 saturated carbocycles. The Kier molecular flexibility index (Phi) is 4.90.